The molecular formula is C27H30FN5O6S. The molecule has 1 amide bonds. The molecule has 11 nitrogen and oxygen atoms in total. The summed E-state index contributed by atoms with van der Waals surface area (Å²) in [5.41, 5.74) is -0.158. The second kappa shape index (κ2) is 11.7. The first kappa shape index (κ1) is 27.7. The second-order valence-electron chi connectivity index (χ2n) is 9.42. The minimum absolute atomic E-state index is 0.0774. The Morgan fingerprint density at radius 1 is 1.23 bits per heavy atom. The van der Waals surface area contributed by atoms with E-state index in [4.69, 9.17) is 14.2 Å². The summed E-state index contributed by atoms with van der Waals surface area (Å²) in [5.74, 6) is -0.491. The van der Waals surface area contributed by atoms with Gasteiger partial charge in [0.2, 0.25) is 5.91 Å². The van der Waals surface area contributed by atoms with Gasteiger partial charge in [0.15, 0.2) is 0 Å². The molecule has 0 radical (unpaired) electrons. The maximum absolute atomic E-state index is 14.4. The number of thiophene rings is 1. The molecule has 40 heavy (non-hydrogen) atoms. The first-order chi connectivity index (χ1) is 19.3. The predicted molar refractivity (Wildman–Crippen MR) is 147 cm³/mol. The number of nitrogens with zero attached hydrogens (tertiary/aromatic N) is 4. The number of methoxy groups -OCH3 is 2. The van der Waals surface area contributed by atoms with Crippen molar-refractivity contribution in [3.8, 4) is 10.8 Å². The molecule has 1 aliphatic rings. The van der Waals surface area contributed by atoms with Gasteiger partial charge in [-0.3, -0.25) is 14.2 Å². The third-order valence-electron chi connectivity index (χ3n) is 6.99. The molecule has 4 aromatic rings. The molecule has 3 aromatic heterocycles. The lowest BCUT2D eigenvalue weighted by atomic mass is 10.1. The number of hydrogen-bond acceptors (Lipinski definition) is 8. The van der Waals surface area contributed by atoms with Gasteiger partial charge in [0.1, 0.15) is 33.5 Å². The van der Waals surface area contributed by atoms with Crippen molar-refractivity contribution in [2.45, 2.75) is 38.5 Å². The van der Waals surface area contributed by atoms with E-state index in [0.29, 0.717) is 51.5 Å². The summed E-state index contributed by atoms with van der Waals surface area (Å²) in [4.78, 5) is 41.2. The van der Waals surface area contributed by atoms with E-state index in [2.05, 4.69) is 10.4 Å². The van der Waals surface area contributed by atoms with Crippen molar-refractivity contribution < 1.29 is 23.4 Å². The van der Waals surface area contributed by atoms with Crippen LogP contribution in [0, 0.1) is 12.7 Å². The molecule has 1 N–H and O–H groups in total. The molecule has 2 atom stereocenters. The van der Waals surface area contributed by atoms with Gasteiger partial charge in [-0.05, 0) is 44.0 Å². The highest BCUT2D eigenvalue weighted by Gasteiger charge is 2.31. The van der Waals surface area contributed by atoms with Crippen LogP contribution in [-0.4, -0.2) is 58.8 Å². The fourth-order valence-electron chi connectivity index (χ4n) is 5.04. The average Bonchev–Trinajstić information content (AvgIpc) is 3.59. The Morgan fingerprint density at radius 2 is 2.05 bits per heavy atom. The first-order valence-corrected chi connectivity index (χ1v) is 13.7. The van der Waals surface area contributed by atoms with Crippen LogP contribution in [0.4, 0.5) is 4.39 Å². The van der Waals surface area contributed by atoms with Crippen LogP contribution in [-0.2, 0) is 20.8 Å². The SMILES string of the molecule is COCCOC(Cn1c(=O)n([C@H]2CCCNC2=O)c(=O)c2c(C)c(-n3cccn3)sc21)c1cc(F)ccc1OC. The Balaban J connectivity index is 1.75. The Hall–Kier alpha value is -3.81. The van der Waals surface area contributed by atoms with Crippen LogP contribution in [0.5, 0.6) is 5.75 Å². The highest BCUT2D eigenvalue weighted by molar-refractivity contribution is 7.21. The Bertz CT molecular complexity index is 1640. The summed E-state index contributed by atoms with van der Waals surface area (Å²) in [7, 11) is 3.00. The molecule has 1 fully saturated rings. The van der Waals surface area contributed by atoms with E-state index in [9.17, 15) is 18.8 Å². The van der Waals surface area contributed by atoms with Crippen LogP contribution >= 0.6 is 11.3 Å². The van der Waals surface area contributed by atoms with Crippen molar-refractivity contribution in [3.63, 3.8) is 0 Å². The predicted octanol–water partition coefficient (Wildman–Crippen LogP) is 2.72. The third-order valence-corrected chi connectivity index (χ3v) is 8.30. The number of hydrogen-bond donors (Lipinski definition) is 1. The molecule has 1 aromatic carbocycles. The van der Waals surface area contributed by atoms with Crippen molar-refractivity contribution in [2.24, 2.45) is 0 Å². The molecule has 1 unspecified atom stereocenters. The van der Waals surface area contributed by atoms with Gasteiger partial charge in [0, 0.05) is 37.2 Å². The van der Waals surface area contributed by atoms with Crippen molar-refractivity contribution in [2.75, 3.05) is 34.0 Å². The molecule has 13 heteroatoms. The number of ether oxygens (including phenoxy) is 3. The molecule has 0 saturated carbocycles. The van der Waals surface area contributed by atoms with E-state index < -0.39 is 29.2 Å². The Morgan fingerprint density at radius 3 is 2.75 bits per heavy atom. The lowest BCUT2D eigenvalue weighted by Crippen LogP contribution is -2.49. The van der Waals surface area contributed by atoms with Crippen LogP contribution in [0.15, 0.2) is 46.2 Å². The number of rotatable bonds is 10. The summed E-state index contributed by atoms with van der Waals surface area (Å²) >= 11 is 1.24. The van der Waals surface area contributed by atoms with E-state index in [-0.39, 0.29) is 25.7 Å². The van der Waals surface area contributed by atoms with Crippen LogP contribution < -0.4 is 21.3 Å². The molecule has 4 heterocycles. The fourth-order valence-corrected chi connectivity index (χ4v) is 6.28. The zero-order valence-corrected chi connectivity index (χ0v) is 23.2. The van der Waals surface area contributed by atoms with Gasteiger partial charge in [-0.2, -0.15) is 5.10 Å². The number of aromatic nitrogens is 4. The molecule has 0 bridgehead atoms. The monoisotopic (exact) mass is 571 g/mol. The smallest absolute Gasteiger partial charge is 0.332 e. The zero-order chi connectivity index (χ0) is 28.4. The van der Waals surface area contributed by atoms with Gasteiger partial charge < -0.3 is 19.5 Å². The summed E-state index contributed by atoms with van der Waals surface area (Å²) in [5, 5.41) is 8.05. The number of amides is 1. The van der Waals surface area contributed by atoms with E-state index in [1.54, 1.807) is 30.1 Å². The fraction of sp³-hybridized carbons (Fsp3) is 0.407. The summed E-state index contributed by atoms with van der Waals surface area (Å²) < 4.78 is 35.3. The average molecular weight is 572 g/mol. The van der Waals surface area contributed by atoms with E-state index >= 15 is 0 Å². The van der Waals surface area contributed by atoms with Crippen molar-refractivity contribution in [3.05, 3.63) is 74.4 Å². The van der Waals surface area contributed by atoms with Gasteiger partial charge in [-0.15, -0.1) is 0 Å². The van der Waals surface area contributed by atoms with Crippen molar-refractivity contribution in [1.29, 1.82) is 0 Å². The normalized spacial score (nSPS) is 16.3. The molecule has 1 aliphatic heterocycles. The summed E-state index contributed by atoms with van der Waals surface area (Å²) in [6.45, 7) is 2.62. The largest absolute Gasteiger partial charge is 0.496 e. The van der Waals surface area contributed by atoms with Crippen molar-refractivity contribution >= 4 is 27.5 Å². The van der Waals surface area contributed by atoms with Crippen LogP contribution in [0.2, 0.25) is 0 Å². The van der Waals surface area contributed by atoms with Crippen LogP contribution in [0.1, 0.15) is 36.1 Å². The quantitative estimate of drug-likeness (QED) is 0.291. The summed E-state index contributed by atoms with van der Waals surface area (Å²) in [6.07, 6.45) is 3.51. The van der Waals surface area contributed by atoms with Gasteiger partial charge in [-0.1, -0.05) is 11.3 Å². The molecular weight excluding hydrogens is 541 g/mol. The minimum atomic E-state index is -0.951. The lowest BCUT2D eigenvalue weighted by Gasteiger charge is -2.26. The standard InChI is InChI=1S/C27H30FN5O6S/c1-16-22-24(35)33(19-6-4-9-29-23(19)34)27(36)31(26(22)40-25(16)32-11-5-10-30-32)15-21(39-13-12-37-2)18-14-17(28)7-8-20(18)38-3/h5,7-8,10-11,14,19,21H,4,6,9,12-13,15H2,1-3H3,(H,29,34)/t19-,21?/m0/s1. The highest BCUT2D eigenvalue weighted by Crippen LogP contribution is 2.34. The second-order valence-corrected chi connectivity index (χ2v) is 10.4. The number of carbonyl (C=O) groups is 1. The molecule has 212 valence electrons. The highest BCUT2D eigenvalue weighted by atomic mass is 32.1. The number of halogens is 1. The third kappa shape index (κ3) is 5.07. The number of nitrogens with one attached hydrogen (secondary N) is 1. The molecule has 5 rings (SSSR count). The van der Waals surface area contributed by atoms with Gasteiger partial charge in [-0.25, -0.2) is 18.4 Å². The van der Waals surface area contributed by atoms with Gasteiger partial charge in [0.25, 0.3) is 5.56 Å². The number of aryl methyl sites for hydroxylation is 1. The van der Waals surface area contributed by atoms with Gasteiger partial charge in [0.05, 0.1) is 32.3 Å². The molecule has 0 spiro atoms. The maximum atomic E-state index is 14.4. The van der Waals surface area contributed by atoms with Crippen LogP contribution in [0.25, 0.3) is 15.2 Å². The van der Waals surface area contributed by atoms with Gasteiger partial charge >= 0.3 is 5.69 Å². The first-order valence-electron chi connectivity index (χ1n) is 12.9. The number of piperidine rings is 1. The maximum Gasteiger partial charge on any atom is 0.332 e. The Kier molecular flexibility index (Phi) is 8.14. The number of fused-ring (bicyclic) bond motifs is 1. The van der Waals surface area contributed by atoms with E-state index in [1.165, 1.54) is 48.3 Å². The number of benzene rings is 1. The Labute approximate surface area is 232 Å². The lowest BCUT2D eigenvalue weighted by molar-refractivity contribution is -0.126. The number of carbonyl (C=O) groups excluding carboxylic acids is 1. The van der Waals surface area contributed by atoms with Crippen molar-refractivity contribution in [1.82, 2.24) is 24.2 Å². The molecule has 1 saturated heterocycles. The topological polar surface area (TPSA) is 119 Å². The zero-order valence-electron chi connectivity index (χ0n) is 22.4. The summed E-state index contributed by atoms with van der Waals surface area (Å²) in [6, 6.07) is 4.89. The molecule has 0 aliphatic carbocycles. The minimum Gasteiger partial charge on any atom is -0.496 e. The van der Waals surface area contributed by atoms with E-state index in [1.807, 2.05) is 0 Å². The van der Waals surface area contributed by atoms with Crippen LogP contribution in [0.3, 0.4) is 0 Å². The van der Waals surface area contributed by atoms with E-state index in [0.717, 1.165) is 4.57 Å².